The summed E-state index contributed by atoms with van der Waals surface area (Å²) in [5.74, 6) is -0.227. The van der Waals surface area contributed by atoms with Crippen LogP contribution in [0.4, 0.5) is 4.39 Å². The average Bonchev–Trinajstić information content (AvgIpc) is 2.35. The number of hydrogen-bond donors (Lipinski definition) is 1. The highest BCUT2D eigenvalue weighted by atomic mass is 79.9. The Morgan fingerprint density at radius 3 is 2.94 bits per heavy atom. The topological polar surface area (TPSA) is 35.2 Å². The number of ether oxygens (including phenoxy) is 1. The maximum absolute atomic E-state index is 13.2. The van der Waals surface area contributed by atoms with Crippen LogP contribution in [0.5, 0.6) is 0 Å². The van der Waals surface area contributed by atoms with Crippen molar-refractivity contribution in [2.24, 2.45) is 5.73 Å². The fraction of sp³-hybridized carbons (Fsp3) is 0.571. The lowest BCUT2D eigenvalue weighted by atomic mass is 9.85. The van der Waals surface area contributed by atoms with Crippen molar-refractivity contribution in [3.63, 3.8) is 0 Å². The lowest BCUT2D eigenvalue weighted by Crippen LogP contribution is -2.50. The van der Waals surface area contributed by atoms with E-state index in [1.54, 1.807) is 6.07 Å². The molecule has 100 valence electrons. The van der Waals surface area contributed by atoms with Gasteiger partial charge in [0, 0.05) is 17.1 Å². The van der Waals surface area contributed by atoms with Crippen LogP contribution in [-0.4, -0.2) is 18.2 Å². The van der Waals surface area contributed by atoms with Crippen LogP contribution in [-0.2, 0) is 11.2 Å². The van der Waals surface area contributed by atoms with Gasteiger partial charge in [-0.15, -0.1) is 0 Å². The summed E-state index contributed by atoms with van der Waals surface area (Å²) in [7, 11) is 0. The number of rotatable bonds is 3. The quantitative estimate of drug-likeness (QED) is 0.927. The molecule has 2 atom stereocenters. The smallest absolute Gasteiger partial charge is 0.123 e. The first-order valence-electron chi connectivity index (χ1n) is 6.35. The van der Waals surface area contributed by atoms with Crippen molar-refractivity contribution in [3.05, 3.63) is 34.1 Å². The highest BCUT2D eigenvalue weighted by Gasteiger charge is 2.34. The Labute approximate surface area is 116 Å². The van der Waals surface area contributed by atoms with E-state index >= 15 is 0 Å². The first-order chi connectivity index (χ1) is 8.51. The Bertz CT molecular complexity index is 418. The molecule has 0 bridgehead atoms. The van der Waals surface area contributed by atoms with E-state index in [1.807, 2.05) is 0 Å². The zero-order chi connectivity index (χ0) is 13.2. The fourth-order valence-corrected chi connectivity index (χ4v) is 2.81. The second-order valence-corrected chi connectivity index (χ2v) is 6.02. The van der Waals surface area contributed by atoms with Crippen LogP contribution in [0.25, 0.3) is 0 Å². The average molecular weight is 316 g/mol. The Balaban J connectivity index is 2.10. The van der Waals surface area contributed by atoms with Crippen molar-refractivity contribution in [2.75, 3.05) is 6.61 Å². The number of nitrogens with two attached hydrogens (primary N) is 1. The Morgan fingerprint density at radius 1 is 1.50 bits per heavy atom. The monoisotopic (exact) mass is 315 g/mol. The van der Waals surface area contributed by atoms with E-state index in [9.17, 15) is 4.39 Å². The standard InChI is InChI=1S/C14H19BrFNO/c1-14(6-2-3-7-18-14)13(17)9-10-8-11(16)4-5-12(10)15/h4-5,8,13H,2-3,6-7,9,17H2,1H3. The van der Waals surface area contributed by atoms with E-state index in [4.69, 9.17) is 10.5 Å². The molecule has 0 amide bonds. The van der Waals surface area contributed by atoms with Gasteiger partial charge < -0.3 is 10.5 Å². The molecule has 1 aromatic rings. The molecule has 0 radical (unpaired) electrons. The molecule has 1 aliphatic rings. The molecule has 1 fully saturated rings. The molecule has 0 saturated carbocycles. The molecule has 4 heteroatoms. The third-order valence-corrected chi connectivity index (χ3v) is 4.50. The molecule has 1 saturated heterocycles. The van der Waals surface area contributed by atoms with E-state index < -0.39 is 0 Å². The molecular formula is C14H19BrFNO. The molecular weight excluding hydrogens is 297 g/mol. The number of hydrogen-bond acceptors (Lipinski definition) is 2. The van der Waals surface area contributed by atoms with Crippen LogP contribution in [0, 0.1) is 5.82 Å². The van der Waals surface area contributed by atoms with Gasteiger partial charge in [-0.05, 0) is 56.4 Å². The van der Waals surface area contributed by atoms with Crippen molar-refractivity contribution < 1.29 is 9.13 Å². The summed E-state index contributed by atoms with van der Waals surface area (Å²) in [4.78, 5) is 0. The Hall–Kier alpha value is -0.450. The van der Waals surface area contributed by atoms with Gasteiger partial charge in [0.15, 0.2) is 0 Å². The summed E-state index contributed by atoms with van der Waals surface area (Å²) in [6.45, 7) is 2.83. The fourth-order valence-electron chi connectivity index (χ4n) is 2.40. The van der Waals surface area contributed by atoms with Gasteiger partial charge in [-0.3, -0.25) is 0 Å². The van der Waals surface area contributed by atoms with Crippen LogP contribution in [0.3, 0.4) is 0 Å². The Kier molecular flexibility index (Phi) is 4.41. The van der Waals surface area contributed by atoms with Crippen molar-refractivity contribution in [2.45, 2.75) is 44.2 Å². The predicted molar refractivity (Wildman–Crippen MR) is 74.0 cm³/mol. The van der Waals surface area contributed by atoms with Gasteiger partial charge >= 0.3 is 0 Å². The molecule has 1 aliphatic heterocycles. The highest BCUT2D eigenvalue weighted by molar-refractivity contribution is 9.10. The maximum Gasteiger partial charge on any atom is 0.123 e. The highest BCUT2D eigenvalue weighted by Crippen LogP contribution is 2.30. The van der Waals surface area contributed by atoms with Gasteiger partial charge in [-0.2, -0.15) is 0 Å². The normalized spacial score (nSPS) is 26.0. The van der Waals surface area contributed by atoms with E-state index in [-0.39, 0.29) is 17.5 Å². The summed E-state index contributed by atoms with van der Waals surface area (Å²) in [5, 5.41) is 0. The van der Waals surface area contributed by atoms with Gasteiger partial charge in [-0.25, -0.2) is 4.39 Å². The van der Waals surface area contributed by atoms with Gasteiger partial charge in [-0.1, -0.05) is 15.9 Å². The van der Waals surface area contributed by atoms with E-state index in [2.05, 4.69) is 22.9 Å². The molecule has 2 rings (SSSR count). The van der Waals surface area contributed by atoms with E-state index in [0.717, 1.165) is 35.9 Å². The van der Waals surface area contributed by atoms with Crippen LogP contribution < -0.4 is 5.73 Å². The first-order valence-corrected chi connectivity index (χ1v) is 7.14. The number of halogens is 2. The van der Waals surface area contributed by atoms with Crippen molar-refractivity contribution in [1.29, 1.82) is 0 Å². The minimum Gasteiger partial charge on any atom is -0.374 e. The first kappa shape index (κ1) is 14.0. The summed E-state index contributed by atoms with van der Waals surface area (Å²) < 4.78 is 20.0. The molecule has 2 nitrogen and oxygen atoms in total. The van der Waals surface area contributed by atoms with Gasteiger partial charge in [0.2, 0.25) is 0 Å². The lowest BCUT2D eigenvalue weighted by Gasteiger charge is -2.39. The molecule has 18 heavy (non-hydrogen) atoms. The van der Waals surface area contributed by atoms with Crippen LogP contribution in [0.1, 0.15) is 31.7 Å². The predicted octanol–water partition coefficient (Wildman–Crippen LogP) is 3.42. The molecule has 2 unspecified atom stereocenters. The van der Waals surface area contributed by atoms with E-state index in [1.165, 1.54) is 12.1 Å². The zero-order valence-electron chi connectivity index (χ0n) is 10.6. The minimum atomic E-state index is -0.288. The minimum absolute atomic E-state index is 0.115. The maximum atomic E-state index is 13.2. The third kappa shape index (κ3) is 3.11. The van der Waals surface area contributed by atoms with E-state index in [0.29, 0.717) is 6.42 Å². The zero-order valence-corrected chi connectivity index (χ0v) is 12.2. The summed E-state index contributed by atoms with van der Waals surface area (Å²) in [6.07, 6.45) is 3.84. The second-order valence-electron chi connectivity index (χ2n) is 5.16. The van der Waals surface area contributed by atoms with Gasteiger partial charge in [0.05, 0.1) is 5.60 Å². The van der Waals surface area contributed by atoms with Crippen molar-refractivity contribution in [1.82, 2.24) is 0 Å². The second kappa shape index (κ2) is 5.68. The molecule has 0 aromatic heterocycles. The van der Waals surface area contributed by atoms with Gasteiger partial charge in [0.25, 0.3) is 0 Å². The van der Waals surface area contributed by atoms with Crippen LogP contribution >= 0.6 is 15.9 Å². The molecule has 2 N–H and O–H groups in total. The van der Waals surface area contributed by atoms with Crippen LogP contribution in [0.2, 0.25) is 0 Å². The van der Waals surface area contributed by atoms with Gasteiger partial charge in [0.1, 0.15) is 5.82 Å². The van der Waals surface area contributed by atoms with Crippen LogP contribution in [0.15, 0.2) is 22.7 Å². The SMILES string of the molecule is CC1(C(N)Cc2cc(F)ccc2Br)CCCCO1. The summed E-state index contributed by atoms with van der Waals surface area (Å²) >= 11 is 3.44. The lowest BCUT2D eigenvalue weighted by molar-refractivity contribution is -0.0808. The van der Waals surface area contributed by atoms with Crippen molar-refractivity contribution >= 4 is 15.9 Å². The largest absolute Gasteiger partial charge is 0.374 e. The molecule has 1 heterocycles. The Morgan fingerprint density at radius 2 is 2.28 bits per heavy atom. The summed E-state index contributed by atoms with van der Waals surface area (Å²) in [6, 6.07) is 4.59. The van der Waals surface area contributed by atoms with Crippen molar-refractivity contribution in [3.8, 4) is 0 Å². The summed E-state index contributed by atoms with van der Waals surface area (Å²) in [5.41, 5.74) is 6.88. The number of benzene rings is 1. The molecule has 0 spiro atoms. The third-order valence-electron chi connectivity index (χ3n) is 3.73. The molecule has 0 aliphatic carbocycles. The molecule has 1 aromatic carbocycles.